The zero-order chi connectivity index (χ0) is 13.5. The van der Waals surface area contributed by atoms with Crippen LogP contribution in [0.5, 0.6) is 0 Å². The lowest BCUT2D eigenvalue weighted by atomic mass is 9.43. The van der Waals surface area contributed by atoms with Crippen molar-refractivity contribution in [3.05, 3.63) is 30.3 Å². The molecule has 0 amide bonds. The number of fused-ring (bicyclic) bond motifs is 1. The molecule has 0 aromatic heterocycles. The van der Waals surface area contributed by atoms with Gasteiger partial charge < -0.3 is 9.31 Å². The van der Waals surface area contributed by atoms with Crippen LogP contribution in [0.1, 0.15) is 40.5 Å². The number of rotatable bonds is 2. The summed E-state index contributed by atoms with van der Waals surface area (Å²) in [5.74, 6) is 0.845. The fraction of sp³-hybridized carbons (Fsp3) is 0.625. The van der Waals surface area contributed by atoms with E-state index in [4.69, 9.17) is 9.31 Å². The number of benzene rings is 1. The zero-order valence-electron chi connectivity index (χ0n) is 12.3. The molecule has 0 N–H and O–H groups in total. The van der Waals surface area contributed by atoms with Gasteiger partial charge in [-0.2, -0.15) is 5.46 Å². The highest BCUT2D eigenvalue weighted by Gasteiger charge is 2.78. The molecule has 1 heterocycles. The minimum atomic E-state index is -1.32. The Hall–Kier alpha value is -0.795. The Morgan fingerprint density at radius 3 is 1.84 bits per heavy atom. The van der Waals surface area contributed by atoms with Gasteiger partial charge in [0.1, 0.15) is 0 Å². The van der Waals surface area contributed by atoms with E-state index in [1.54, 1.807) is 0 Å². The highest BCUT2D eigenvalue weighted by molar-refractivity contribution is 6.86. The van der Waals surface area contributed by atoms with Crippen molar-refractivity contribution < 1.29 is 9.31 Å². The van der Waals surface area contributed by atoms with E-state index in [2.05, 4.69) is 58.0 Å². The Morgan fingerprint density at radius 1 is 0.947 bits per heavy atom. The van der Waals surface area contributed by atoms with Crippen LogP contribution in [0.25, 0.3) is 0 Å². The Kier molecular flexibility index (Phi) is 1.95. The van der Waals surface area contributed by atoms with Gasteiger partial charge in [-0.15, -0.1) is 0 Å². The van der Waals surface area contributed by atoms with Gasteiger partial charge >= 0.3 is 0 Å². The number of hydrogen-bond donors (Lipinski definition) is 0. The maximum atomic E-state index is 6.65. The van der Waals surface area contributed by atoms with Crippen LogP contribution in [0, 0.1) is 5.92 Å². The normalized spacial score (nSPS) is 39.7. The van der Waals surface area contributed by atoms with E-state index in [0.29, 0.717) is 5.31 Å². The minimum Gasteiger partial charge on any atom is -0.558 e. The van der Waals surface area contributed by atoms with Crippen LogP contribution in [0.4, 0.5) is 0 Å². The van der Waals surface area contributed by atoms with E-state index in [1.165, 1.54) is 18.3 Å². The molecule has 1 aromatic rings. The summed E-state index contributed by atoms with van der Waals surface area (Å²) >= 11 is 0. The van der Waals surface area contributed by atoms with Gasteiger partial charge in [0.05, 0.1) is 0 Å². The molecule has 3 fully saturated rings. The third kappa shape index (κ3) is 1.31. The van der Waals surface area contributed by atoms with Gasteiger partial charge in [-0.25, -0.2) is 0 Å². The molecule has 1 aliphatic heterocycles. The van der Waals surface area contributed by atoms with Crippen molar-refractivity contribution in [3.8, 4) is 0 Å². The Bertz CT molecular complexity index is 513. The fourth-order valence-electron chi connectivity index (χ4n) is 3.91. The van der Waals surface area contributed by atoms with Crippen molar-refractivity contribution in [3.63, 3.8) is 0 Å². The molecule has 3 heteroatoms. The first-order valence-corrected chi connectivity index (χ1v) is 7.43. The molecule has 0 bridgehead atoms. The first-order chi connectivity index (χ1) is 8.83. The van der Waals surface area contributed by atoms with E-state index in [9.17, 15) is 0 Å². The summed E-state index contributed by atoms with van der Waals surface area (Å²) in [6.45, 7) is 7.33. The van der Waals surface area contributed by atoms with Crippen LogP contribution in [-0.4, -0.2) is 17.8 Å². The zero-order valence-corrected chi connectivity index (χ0v) is 12.3. The third-order valence-corrected chi connectivity index (χ3v) is 6.11. The molecule has 4 rings (SSSR count). The lowest BCUT2D eigenvalue weighted by molar-refractivity contribution is 0.00578. The third-order valence-electron chi connectivity index (χ3n) is 6.11. The molecule has 3 aliphatic rings. The smallest absolute Gasteiger partial charge is 0.276 e. The first-order valence-electron chi connectivity index (χ1n) is 7.43. The summed E-state index contributed by atoms with van der Waals surface area (Å²) in [6, 6.07) is 10.6. The predicted molar refractivity (Wildman–Crippen MR) is 77.6 cm³/mol. The Balaban J connectivity index is 1.85. The van der Waals surface area contributed by atoms with Crippen molar-refractivity contribution in [1.82, 2.24) is 0 Å². The van der Waals surface area contributed by atoms with Crippen LogP contribution in [0.2, 0.25) is 5.31 Å². The standard InChI is InChI=1S/C16H22BO2/c1-14(2)15(3,4)19-17(18-14,16-10-12(16)11-16)13-8-6-5-7-9-13/h5-9,12H,10-11H2,1-4H3/q-1. The maximum absolute atomic E-state index is 6.65. The molecule has 2 saturated carbocycles. The molecule has 0 unspecified atom stereocenters. The van der Waals surface area contributed by atoms with E-state index in [-0.39, 0.29) is 11.2 Å². The van der Waals surface area contributed by atoms with Crippen LogP contribution < -0.4 is 5.46 Å². The van der Waals surface area contributed by atoms with Crippen molar-refractivity contribution in [2.24, 2.45) is 5.92 Å². The van der Waals surface area contributed by atoms with E-state index in [0.717, 1.165) is 5.92 Å². The molecular weight excluding hydrogens is 235 g/mol. The summed E-state index contributed by atoms with van der Waals surface area (Å²) in [6.07, 6.45) is 2.57. The first kappa shape index (κ1) is 12.0. The quantitative estimate of drug-likeness (QED) is 0.758. The molecule has 2 nitrogen and oxygen atoms in total. The van der Waals surface area contributed by atoms with Crippen LogP contribution in [0.3, 0.4) is 0 Å². The minimum absolute atomic E-state index is 0.243. The van der Waals surface area contributed by atoms with Crippen molar-refractivity contribution in [1.29, 1.82) is 0 Å². The summed E-state index contributed by atoms with van der Waals surface area (Å²) in [5, 5.41) is 0.326. The SMILES string of the molecule is CC1(C)O[B-](c2ccccc2)(C23CC2C3)OC1(C)C. The molecule has 2 aliphatic carbocycles. The van der Waals surface area contributed by atoms with Crippen molar-refractivity contribution >= 4 is 12.0 Å². The average molecular weight is 257 g/mol. The van der Waals surface area contributed by atoms with Crippen LogP contribution in [-0.2, 0) is 9.31 Å². The lowest BCUT2D eigenvalue weighted by Crippen LogP contribution is -2.54. The molecular formula is C16H22BO2-. The number of hydrogen-bond acceptors (Lipinski definition) is 2. The Labute approximate surface area is 115 Å². The summed E-state index contributed by atoms with van der Waals surface area (Å²) in [4.78, 5) is 0. The second-order valence-electron chi connectivity index (χ2n) is 7.72. The maximum Gasteiger partial charge on any atom is 0.276 e. The van der Waals surface area contributed by atoms with E-state index in [1.807, 2.05) is 0 Å². The van der Waals surface area contributed by atoms with Gasteiger partial charge in [-0.3, -0.25) is 0 Å². The summed E-state index contributed by atoms with van der Waals surface area (Å²) in [7, 11) is 0. The van der Waals surface area contributed by atoms with E-state index < -0.39 is 6.55 Å². The van der Waals surface area contributed by atoms with Gasteiger partial charge in [0.25, 0.3) is 6.55 Å². The molecule has 1 saturated heterocycles. The van der Waals surface area contributed by atoms with Gasteiger partial charge in [-0.05, 0) is 27.7 Å². The fourth-order valence-corrected chi connectivity index (χ4v) is 3.91. The lowest BCUT2D eigenvalue weighted by Gasteiger charge is -2.41. The summed E-state index contributed by atoms with van der Waals surface area (Å²) < 4.78 is 13.3. The molecule has 0 atom stereocenters. The van der Waals surface area contributed by atoms with Gasteiger partial charge in [0.2, 0.25) is 0 Å². The molecule has 19 heavy (non-hydrogen) atoms. The van der Waals surface area contributed by atoms with Crippen molar-refractivity contribution in [2.45, 2.75) is 57.1 Å². The van der Waals surface area contributed by atoms with Gasteiger partial charge in [0.15, 0.2) is 0 Å². The second-order valence-corrected chi connectivity index (χ2v) is 7.72. The molecule has 102 valence electrons. The van der Waals surface area contributed by atoms with Crippen molar-refractivity contribution in [2.75, 3.05) is 0 Å². The monoisotopic (exact) mass is 257 g/mol. The van der Waals surface area contributed by atoms with E-state index >= 15 is 0 Å². The summed E-state index contributed by atoms with van der Waals surface area (Å²) in [5.41, 5.74) is 0.766. The largest absolute Gasteiger partial charge is 0.558 e. The molecule has 0 spiro atoms. The molecule has 0 radical (unpaired) electrons. The second kappa shape index (κ2) is 3.10. The highest BCUT2D eigenvalue weighted by atomic mass is 16.7. The molecule has 1 aromatic carbocycles. The predicted octanol–water partition coefficient (Wildman–Crippen LogP) is 3.10. The van der Waals surface area contributed by atoms with Gasteiger partial charge in [-0.1, -0.05) is 54.4 Å². The van der Waals surface area contributed by atoms with Gasteiger partial charge in [0, 0.05) is 11.2 Å². The average Bonchev–Trinajstić information content (AvgIpc) is 3.15. The highest BCUT2D eigenvalue weighted by Crippen LogP contribution is 2.87. The Morgan fingerprint density at radius 2 is 1.42 bits per heavy atom. The van der Waals surface area contributed by atoms with Crippen LogP contribution >= 0.6 is 0 Å². The topological polar surface area (TPSA) is 18.5 Å². The van der Waals surface area contributed by atoms with Crippen LogP contribution in [0.15, 0.2) is 30.3 Å².